The van der Waals surface area contributed by atoms with Crippen LogP contribution < -0.4 is 10.5 Å². The largest absolute Gasteiger partial charge is 0.399 e. The predicted octanol–water partition coefficient (Wildman–Crippen LogP) is 1.60. The number of nitrogen functional groups attached to an aromatic ring is 1. The average Bonchev–Trinajstić information content (AvgIpc) is 2.37. The minimum atomic E-state index is -3.35. The van der Waals surface area contributed by atoms with E-state index < -0.39 is 10.0 Å². The van der Waals surface area contributed by atoms with Crippen molar-refractivity contribution < 1.29 is 13.2 Å². The number of nitrogens with one attached hydrogen (secondary N) is 1. The third kappa shape index (κ3) is 3.71. The van der Waals surface area contributed by atoms with Gasteiger partial charge in [-0.3, -0.25) is 0 Å². The number of anilines is 1. The summed E-state index contributed by atoms with van der Waals surface area (Å²) in [6.45, 7) is 1.74. The standard InChI is InChI=1S/C14H22N2O3S/c1-10(19-2)9-20(17,18)16-14-5-3-4-11-8-12(15)6-7-13(11)14/h6-8,10,14,16H,3-5,9,15H2,1-2H3. The van der Waals surface area contributed by atoms with Crippen molar-refractivity contribution in [3.63, 3.8) is 0 Å². The molecule has 2 rings (SSSR count). The summed E-state index contributed by atoms with van der Waals surface area (Å²) < 4.78 is 32.1. The molecule has 2 atom stereocenters. The van der Waals surface area contributed by atoms with Gasteiger partial charge < -0.3 is 10.5 Å². The van der Waals surface area contributed by atoms with Gasteiger partial charge in [-0.1, -0.05) is 6.07 Å². The molecule has 1 aliphatic rings. The average molecular weight is 298 g/mol. The van der Waals surface area contributed by atoms with E-state index in [0.717, 1.165) is 36.1 Å². The van der Waals surface area contributed by atoms with Crippen LogP contribution in [0.1, 0.15) is 36.9 Å². The summed E-state index contributed by atoms with van der Waals surface area (Å²) >= 11 is 0. The van der Waals surface area contributed by atoms with Crippen LogP contribution in [0.25, 0.3) is 0 Å². The zero-order valence-electron chi connectivity index (χ0n) is 11.9. The van der Waals surface area contributed by atoms with Gasteiger partial charge in [0.05, 0.1) is 11.9 Å². The van der Waals surface area contributed by atoms with Crippen LogP contribution in [0.4, 0.5) is 5.69 Å². The highest BCUT2D eigenvalue weighted by Crippen LogP contribution is 2.31. The Kier molecular flexibility index (Phi) is 4.67. The number of aryl methyl sites for hydroxylation is 1. The predicted molar refractivity (Wildman–Crippen MR) is 79.9 cm³/mol. The Morgan fingerprint density at radius 3 is 2.95 bits per heavy atom. The van der Waals surface area contributed by atoms with E-state index in [2.05, 4.69) is 4.72 Å². The molecule has 5 nitrogen and oxygen atoms in total. The molecule has 112 valence electrons. The van der Waals surface area contributed by atoms with Crippen molar-refractivity contribution in [2.24, 2.45) is 0 Å². The second-order valence-electron chi connectivity index (χ2n) is 5.35. The van der Waals surface area contributed by atoms with E-state index in [1.54, 1.807) is 6.92 Å². The van der Waals surface area contributed by atoms with Gasteiger partial charge >= 0.3 is 0 Å². The smallest absolute Gasteiger partial charge is 0.214 e. The van der Waals surface area contributed by atoms with Crippen LogP contribution in [0, 0.1) is 0 Å². The molecule has 20 heavy (non-hydrogen) atoms. The fraction of sp³-hybridized carbons (Fsp3) is 0.571. The lowest BCUT2D eigenvalue weighted by molar-refractivity contribution is 0.136. The lowest BCUT2D eigenvalue weighted by atomic mass is 9.88. The third-order valence-corrected chi connectivity index (χ3v) is 5.21. The highest BCUT2D eigenvalue weighted by molar-refractivity contribution is 7.89. The highest BCUT2D eigenvalue weighted by Gasteiger charge is 2.25. The van der Waals surface area contributed by atoms with Crippen LogP contribution in [0.3, 0.4) is 0 Å². The first-order chi connectivity index (χ1) is 9.41. The normalized spacial score (nSPS) is 20.4. The Labute approximate surface area is 120 Å². The molecular weight excluding hydrogens is 276 g/mol. The summed E-state index contributed by atoms with van der Waals surface area (Å²) in [6.07, 6.45) is 2.41. The molecule has 0 saturated carbocycles. The molecule has 0 aromatic heterocycles. The first-order valence-corrected chi connectivity index (χ1v) is 8.47. The fourth-order valence-electron chi connectivity index (χ4n) is 2.60. The SMILES string of the molecule is COC(C)CS(=O)(=O)NC1CCCc2cc(N)ccc21. The number of nitrogens with two attached hydrogens (primary N) is 1. The van der Waals surface area contributed by atoms with Crippen LogP contribution in [0.2, 0.25) is 0 Å². The third-order valence-electron chi connectivity index (χ3n) is 3.66. The first kappa shape index (κ1) is 15.3. The van der Waals surface area contributed by atoms with Crippen LogP contribution >= 0.6 is 0 Å². The number of ether oxygens (including phenoxy) is 1. The number of benzene rings is 1. The van der Waals surface area contributed by atoms with Crippen molar-refractivity contribution in [2.45, 2.75) is 38.3 Å². The maximum atomic E-state index is 12.1. The van der Waals surface area contributed by atoms with E-state index in [9.17, 15) is 8.42 Å². The topological polar surface area (TPSA) is 81.4 Å². The Morgan fingerprint density at radius 2 is 2.25 bits per heavy atom. The summed E-state index contributed by atoms with van der Waals surface area (Å²) in [5.74, 6) is -0.0235. The quantitative estimate of drug-likeness (QED) is 0.809. The van der Waals surface area contributed by atoms with Crippen molar-refractivity contribution in [2.75, 3.05) is 18.6 Å². The van der Waals surface area contributed by atoms with Crippen molar-refractivity contribution in [3.05, 3.63) is 29.3 Å². The maximum absolute atomic E-state index is 12.1. The lowest BCUT2D eigenvalue weighted by Gasteiger charge is -2.27. The Morgan fingerprint density at radius 1 is 1.50 bits per heavy atom. The zero-order chi connectivity index (χ0) is 14.8. The summed E-state index contributed by atoms with van der Waals surface area (Å²) in [7, 11) is -1.84. The second kappa shape index (κ2) is 6.11. The van der Waals surface area contributed by atoms with E-state index >= 15 is 0 Å². The molecule has 0 saturated heterocycles. The Balaban J connectivity index is 2.16. The van der Waals surface area contributed by atoms with Crippen molar-refractivity contribution in [1.82, 2.24) is 4.72 Å². The highest BCUT2D eigenvalue weighted by atomic mass is 32.2. The van der Waals surface area contributed by atoms with Gasteiger partial charge in [-0.2, -0.15) is 0 Å². The molecule has 1 aromatic rings. The molecule has 1 aromatic carbocycles. The number of hydrogen-bond donors (Lipinski definition) is 2. The van der Waals surface area contributed by atoms with Crippen LogP contribution in [0.15, 0.2) is 18.2 Å². The summed E-state index contributed by atoms with van der Waals surface area (Å²) in [5, 5.41) is 0. The molecule has 0 amide bonds. The van der Waals surface area contributed by atoms with Gasteiger partial charge in [0, 0.05) is 18.8 Å². The number of fused-ring (bicyclic) bond motifs is 1. The van der Waals surface area contributed by atoms with Crippen molar-refractivity contribution in [3.8, 4) is 0 Å². The van der Waals surface area contributed by atoms with Crippen LogP contribution in [0.5, 0.6) is 0 Å². The molecule has 0 aliphatic heterocycles. The summed E-state index contributed by atoms with van der Waals surface area (Å²) in [6, 6.07) is 5.53. The Hall–Kier alpha value is -1.11. The van der Waals surface area contributed by atoms with E-state index in [1.165, 1.54) is 7.11 Å². The van der Waals surface area contributed by atoms with Gasteiger partial charge in [0.15, 0.2) is 0 Å². The monoisotopic (exact) mass is 298 g/mol. The van der Waals surface area contributed by atoms with Gasteiger partial charge in [0.2, 0.25) is 10.0 Å². The van der Waals surface area contributed by atoms with Crippen LogP contribution in [-0.2, 0) is 21.2 Å². The fourth-order valence-corrected chi connectivity index (χ4v) is 4.13. The van der Waals surface area contributed by atoms with Gasteiger partial charge in [0.1, 0.15) is 0 Å². The lowest BCUT2D eigenvalue weighted by Crippen LogP contribution is -2.36. The molecule has 1 aliphatic carbocycles. The molecule has 0 fully saturated rings. The molecule has 0 radical (unpaired) electrons. The van der Waals surface area contributed by atoms with Crippen LogP contribution in [-0.4, -0.2) is 27.4 Å². The van der Waals surface area contributed by atoms with Gasteiger partial charge in [-0.25, -0.2) is 13.1 Å². The first-order valence-electron chi connectivity index (χ1n) is 6.82. The Bertz CT molecular complexity index is 572. The van der Waals surface area contributed by atoms with E-state index in [1.807, 2.05) is 18.2 Å². The number of sulfonamides is 1. The van der Waals surface area contributed by atoms with E-state index in [-0.39, 0.29) is 17.9 Å². The minimum Gasteiger partial charge on any atom is -0.399 e. The van der Waals surface area contributed by atoms with Gasteiger partial charge in [-0.05, 0) is 49.4 Å². The second-order valence-corrected chi connectivity index (χ2v) is 7.15. The molecular formula is C14H22N2O3S. The van der Waals surface area contributed by atoms with E-state index in [4.69, 9.17) is 10.5 Å². The number of methoxy groups -OCH3 is 1. The molecule has 0 heterocycles. The zero-order valence-corrected chi connectivity index (χ0v) is 12.7. The number of hydrogen-bond acceptors (Lipinski definition) is 4. The molecule has 6 heteroatoms. The number of rotatable bonds is 5. The summed E-state index contributed by atoms with van der Waals surface area (Å²) in [5.41, 5.74) is 8.69. The molecule has 3 N–H and O–H groups in total. The molecule has 0 bridgehead atoms. The minimum absolute atomic E-state index is 0.0235. The maximum Gasteiger partial charge on any atom is 0.214 e. The van der Waals surface area contributed by atoms with Crippen molar-refractivity contribution in [1.29, 1.82) is 0 Å². The van der Waals surface area contributed by atoms with E-state index in [0.29, 0.717) is 0 Å². The van der Waals surface area contributed by atoms with Gasteiger partial charge in [0.25, 0.3) is 0 Å². The van der Waals surface area contributed by atoms with Crippen molar-refractivity contribution >= 4 is 15.7 Å². The summed E-state index contributed by atoms with van der Waals surface area (Å²) in [4.78, 5) is 0. The van der Waals surface area contributed by atoms with Gasteiger partial charge in [-0.15, -0.1) is 0 Å². The molecule has 0 spiro atoms. The molecule has 2 unspecified atom stereocenters.